The molecule has 0 spiro atoms. The van der Waals surface area contributed by atoms with Crippen LogP contribution >= 0.6 is 0 Å². The third kappa shape index (κ3) is 6.03. The lowest BCUT2D eigenvalue weighted by molar-refractivity contribution is -0.116. The number of carbonyl (C=O) groups excluding carboxylic acids is 3. The van der Waals surface area contributed by atoms with Gasteiger partial charge in [-0.25, -0.2) is 0 Å². The number of nitrogens with zero attached hydrogens (tertiary/aromatic N) is 1. The van der Waals surface area contributed by atoms with Gasteiger partial charge in [0.2, 0.25) is 5.91 Å². The van der Waals surface area contributed by atoms with Gasteiger partial charge in [-0.15, -0.1) is 0 Å². The Kier molecular flexibility index (Phi) is 7.61. The predicted molar refractivity (Wildman–Crippen MR) is 123 cm³/mol. The summed E-state index contributed by atoms with van der Waals surface area (Å²) >= 11 is 0. The summed E-state index contributed by atoms with van der Waals surface area (Å²) < 4.78 is 0. The van der Waals surface area contributed by atoms with Crippen molar-refractivity contribution < 1.29 is 14.4 Å². The molecular formula is C26H32N2O3. The van der Waals surface area contributed by atoms with Gasteiger partial charge in [-0.3, -0.25) is 14.4 Å². The van der Waals surface area contributed by atoms with Crippen molar-refractivity contribution in [2.24, 2.45) is 11.8 Å². The molecule has 0 bridgehead atoms. The number of piperidine rings is 1. The van der Waals surface area contributed by atoms with Gasteiger partial charge in [0.15, 0.2) is 5.78 Å². The summed E-state index contributed by atoms with van der Waals surface area (Å²) in [5.74, 6) is 0.553. The average Bonchev–Trinajstić information content (AvgIpc) is 2.76. The summed E-state index contributed by atoms with van der Waals surface area (Å²) in [6.45, 7) is 7.86. The highest BCUT2D eigenvalue weighted by atomic mass is 16.2. The molecule has 5 heteroatoms. The van der Waals surface area contributed by atoms with Crippen LogP contribution in [0.2, 0.25) is 0 Å². The number of anilines is 1. The number of hydrogen-bond donors (Lipinski definition) is 1. The summed E-state index contributed by atoms with van der Waals surface area (Å²) in [6.07, 6.45) is 2.25. The first kappa shape index (κ1) is 22.7. The Morgan fingerprint density at radius 1 is 0.935 bits per heavy atom. The Labute approximate surface area is 184 Å². The summed E-state index contributed by atoms with van der Waals surface area (Å²) in [4.78, 5) is 39.9. The van der Waals surface area contributed by atoms with Crippen molar-refractivity contribution in [3.8, 4) is 0 Å². The molecule has 0 aliphatic carbocycles. The van der Waals surface area contributed by atoms with Crippen molar-refractivity contribution in [1.29, 1.82) is 0 Å². The minimum Gasteiger partial charge on any atom is -0.338 e. The van der Waals surface area contributed by atoms with E-state index in [1.165, 1.54) is 5.56 Å². The van der Waals surface area contributed by atoms with Gasteiger partial charge in [0.1, 0.15) is 0 Å². The van der Waals surface area contributed by atoms with Gasteiger partial charge in [0.05, 0.1) is 11.3 Å². The second-order valence-electron chi connectivity index (χ2n) is 8.72. The summed E-state index contributed by atoms with van der Waals surface area (Å²) in [5, 5.41) is 2.84. The fourth-order valence-electron chi connectivity index (χ4n) is 4.29. The molecule has 0 aromatic heterocycles. The Hall–Kier alpha value is -2.95. The fraction of sp³-hybridized carbons (Fsp3) is 0.423. The van der Waals surface area contributed by atoms with E-state index >= 15 is 0 Å². The van der Waals surface area contributed by atoms with Crippen LogP contribution in [0.4, 0.5) is 5.69 Å². The van der Waals surface area contributed by atoms with Crippen molar-refractivity contribution >= 4 is 23.3 Å². The molecule has 2 aromatic rings. The highest BCUT2D eigenvalue weighted by Crippen LogP contribution is 2.25. The molecular weight excluding hydrogens is 388 g/mol. The monoisotopic (exact) mass is 420 g/mol. The Morgan fingerprint density at radius 3 is 2.23 bits per heavy atom. The topological polar surface area (TPSA) is 66.5 Å². The third-order valence-corrected chi connectivity index (χ3v) is 5.85. The highest BCUT2D eigenvalue weighted by Gasteiger charge is 2.27. The van der Waals surface area contributed by atoms with Crippen LogP contribution in [-0.2, 0) is 11.2 Å². The van der Waals surface area contributed by atoms with E-state index in [-0.39, 0.29) is 30.4 Å². The molecule has 2 aromatic carbocycles. The van der Waals surface area contributed by atoms with Crippen molar-refractivity contribution in [1.82, 2.24) is 4.90 Å². The van der Waals surface area contributed by atoms with E-state index in [9.17, 15) is 14.4 Å². The summed E-state index contributed by atoms with van der Waals surface area (Å²) in [5.41, 5.74) is 2.80. The predicted octanol–water partition coefficient (Wildman–Crippen LogP) is 4.97. The number of likely N-dealkylation sites (tertiary alicyclic amines) is 1. The Bertz CT molecular complexity index is 926. The van der Waals surface area contributed by atoms with E-state index in [1.54, 1.807) is 18.2 Å². The van der Waals surface area contributed by atoms with Gasteiger partial charge in [0, 0.05) is 31.5 Å². The lowest BCUT2D eigenvalue weighted by atomic mass is 9.91. The number of hydrogen-bond acceptors (Lipinski definition) is 3. The second-order valence-corrected chi connectivity index (χ2v) is 8.72. The van der Waals surface area contributed by atoms with Crippen LogP contribution in [-0.4, -0.2) is 35.6 Å². The fourth-order valence-corrected chi connectivity index (χ4v) is 4.29. The van der Waals surface area contributed by atoms with Crippen LogP contribution in [0.1, 0.15) is 66.3 Å². The second kappa shape index (κ2) is 10.4. The molecule has 2 atom stereocenters. The number of Topliss-reactive ketones (excluding diaryl/α,β-unsaturated/α-hetero) is 1. The highest BCUT2D eigenvalue weighted by molar-refractivity contribution is 6.05. The van der Waals surface area contributed by atoms with Gasteiger partial charge in [-0.2, -0.15) is 0 Å². The minimum absolute atomic E-state index is 0.0543. The van der Waals surface area contributed by atoms with Crippen LogP contribution in [0.3, 0.4) is 0 Å². The zero-order valence-corrected chi connectivity index (χ0v) is 18.7. The Morgan fingerprint density at radius 2 is 1.58 bits per heavy atom. The van der Waals surface area contributed by atoms with Gasteiger partial charge < -0.3 is 10.2 Å². The van der Waals surface area contributed by atoms with Gasteiger partial charge in [-0.1, -0.05) is 57.2 Å². The molecule has 0 saturated carbocycles. The van der Waals surface area contributed by atoms with E-state index in [1.807, 2.05) is 35.2 Å². The molecule has 31 heavy (non-hydrogen) atoms. The molecule has 2 unspecified atom stereocenters. The first-order valence-corrected chi connectivity index (χ1v) is 11.2. The normalized spacial score (nSPS) is 18.5. The lowest BCUT2D eigenvalue weighted by Gasteiger charge is -2.35. The van der Waals surface area contributed by atoms with Crippen molar-refractivity contribution in [2.75, 3.05) is 18.4 Å². The number of aryl methyl sites for hydroxylation is 1. The maximum atomic E-state index is 13.1. The van der Waals surface area contributed by atoms with E-state index < -0.39 is 0 Å². The van der Waals surface area contributed by atoms with Crippen LogP contribution < -0.4 is 5.32 Å². The lowest BCUT2D eigenvalue weighted by Crippen LogP contribution is -2.42. The molecule has 5 nitrogen and oxygen atoms in total. The van der Waals surface area contributed by atoms with Crippen LogP contribution in [0, 0.1) is 11.8 Å². The molecule has 1 fully saturated rings. The standard InChI is InChI=1S/C26H32N2O3/c1-4-20-9-11-21(12-10-20)24(29)13-14-25(30)27-23-8-6-5-7-22(23)26(31)28-16-18(2)15-19(3)17-28/h5-12,18-19H,4,13-17H2,1-3H3,(H,27,30). The van der Waals surface area contributed by atoms with E-state index in [0.717, 1.165) is 25.9 Å². The third-order valence-electron chi connectivity index (χ3n) is 5.85. The number of rotatable bonds is 7. The van der Waals surface area contributed by atoms with Crippen LogP contribution in [0.15, 0.2) is 48.5 Å². The minimum atomic E-state index is -0.265. The number of para-hydroxylation sites is 1. The maximum absolute atomic E-state index is 13.1. The summed E-state index contributed by atoms with van der Waals surface area (Å²) in [6, 6.07) is 14.6. The molecule has 1 saturated heterocycles. The largest absolute Gasteiger partial charge is 0.338 e. The summed E-state index contributed by atoms with van der Waals surface area (Å²) in [7, 11) is 0. The zero-order chi connectivity index (χ0) is 22.4. The molecule has 2 amide bonds. The molecule has 1 heterocycles. The van der Waals surface area contributed by atoms with Crippen molar-refractivity contribution in [3.63, 3.8) is 0 Å². The molecule has 0 radical (unpaired) electrons. The van der Waals surface area contributed by atoms with Crippen molar-refractivity contribution in [2.45, 2.75) is 46.5 Å². The average molecular weight is 421 g/mol. The quantitative estimate of drug-likeness (QED) is 0.643. The number of amides is 2. The van der Waals surface area contributed by atoms with Crippen molar-refractivity contribution in [3.05, 3.63) is 65.2 Å². The van der Waals surface area contributed by atoms with Gasteiger partial charge in [-0.05, 0) is 42.4 Å². The number of benzene rings is 2. The molecule has 1 aliphatic heterocycles. The van der Waals surface area contributed by atoms with Crippen LogP contribution in [0.5, 0.6) is 0 Å². The maximum Gasteiger partial charge on any atom is 0.255 e. The first-order chi connectivity index (χ1) is 14.9. The Balaban J connectivity index is 1.61. The zero-order valence-electron chi connectivity index (χ0n) is 18.7. The van der Waals surface area contributed by atoms with E-state index in [0.29, 0.717) is 28.7 Å². The number of carbonyl (C=O) groups is 3. The van der Waals surface area contributed by atoms with Gasteiger partial charge in [0.25, 0.3) is 5.91 Å². The molecule has 1 N–H and O–H groups in total. The molecule has 3 rings (SSSR count). The van der Waals surface area contributed by atoms with E-state index in [2.05, 4.69) is 26.1 Å². The first-order valence-electron chi connectivity index (χ1n) is 11.2. The molecule has 164 valence electrons. The number of nitrogens with one attached hydrogen (secondary N) is 1. The number of ketones is 1. The van der Waals surface area contributed by atoms with E-state index in [4.69, 9.17) is 0 Å². The van der Waals surface area contributed by atoms with Crippen LogP contribution in [0.25, 0.3) is 0 Å². The SMILES string of the molecule is CCc1ccc(C(=O)CCC(=O)Nc2ccccc2C(=O)N2CC(C)CC(C)C2)cc1. The van der Waals surface area contributed by atoms with Gasteiger partial charge >= 0.3 is 0 Å². The molecule has 1 aliphatic rings. The smallest absolute Gasteiger partial charge is 0.255 e.